The lowest BCUT2D eigenvalue weighted by molar-refractivity contribution is 0.154. The standard InChI is InChI=1S/C15H24N2O2S/c1-15(2,3)12-8-10-17(11-9-12)20(18,19)14-7-5-4-6-13(14)16/h4-7,12H,8-11,16H2,1-3H3. The van der Waals surface area contributed by atoms with Crippen LogP contribution in [0, 0.1) is 11.3 Å². The van der Waals surface area contributed by atoms with E-state index in [-0.39, 0.29) is 10.3 Å². The van der Waals surface area contributed by atoms with Crippen LogP contribution in [0.4, 0.5) is 5.69 Å². The Balaban J connectivity index is 2.16. The minimum Gasteiger partial charge on any atom is -0.398 e. The van der Waals surface area contributed by atoms with Crippen molar-refractivity contribution in [1.82, 2.24) is 4.31 Å². The third kappa shape index (κ3) is 2.99. The summed E-state index contributed by atoms with van der Waals surface area (Å²) in [5.41, 5.74) is 6.37. The summed E-state index contributed by atoms with van der Waals surface area (Å²) in [5, 5.41) is 0. The molecule has 1 heterocycles. The molecule has 1 aromatic carbocycles. The van der Waals surface area contributed by atoms with E-state index >= 15 is 0 Å². The number of hydrogen-bond donors (Lipinski definition) is 1. The van der Waals surface area contributed by atoms with Crippen molar-refractivity contribution in [2.45, 2.75) is 38.5 Å². The maximum absolute atomic E-state index is 12.6. The number of nitrogen functional groups attached to an aromatic ring is 1. The van der Waals surface area contributed by atoms with Gasteiger partial charge in [-0.1, -0.05) is 32.9 Å². The number of hydrogen-bond acceptors (Lipinski definition) is 3. The van der Waals surface area contributed by atoms with Crippen LogP contribution in [0.5, 0.6) is 0 Å². The first-order chi connectivity index (χ1) is 9.23. The zero-order chi connectivity index (χ0) is 15.0. The molecule has 5 heteroatoms. The van der Waals surface area contributed by atoms with Crippen LogP contribution >= 0.6 is 0 Å². The quantitative estimate of drug-likeness (QED) is 0.853. The molecule has 0 aliphatic carbocycles. The van der Waals surface area contributed by atoms with Gasteiger partial charge in [0.05, 0.1) is 5.69 Å². The van der Waals surface area contributed by atoms with Crippen LogP contribution < -0.4 is 5.73 Å². The molecule has 1 aromatic rings. The largest absolute Gasteiger partial charge is 0.398 e. The van der Waals surface area contributed by atoms with Crippen LogP contribution in [0.1, 0.15) is 33.6 Å². The molecule has 0 amide bonds. The first kappa shape index (κ1) is 15.3. The summed E-state index contributed by atoms with van der Waals surface area (Å²) in [6.07, 6.45) is 1.82. The van der Waals surface area contributed by atoms with Gasteiger partial charge >= 0.3 is 0 Å². The molecule has 0 aromatic heterocycles. The molecule has 20 heavy (non-hydrogen) atoms. The van der Waals surface area contributed by atoms with Gasteiger partial charge < -0.3 is 5.73 Å². The average molecular weight is 296 g/mol. The fourth-order valence-corrected chi connectivity index (χ4v) is 4.40. The Hall–Kier alpha value is -1.07. The van der Waals surface area contributed by atoms with Crippen LogP contribution in [0.25, 0.3) is 0 Å². The Labute approximate surface area is 122 Å². The van der Waals surface area contributed by atoms with Gasteiger partial charge in [0.2, 0.25) is 10.0 Å². The fraction of sp³-hybridized carbons (Fsp3) is 0.600. The molecule has 2 N–H and O–H groups in total. The Morgan fingerprint density at radius 2 is 1.70 bits per heavy atom. The lowest BCUT2D eigenvalue weighted by atomic mass is 9.76. The minimum atomic E-state index is -3.45. The molecule has 4 nitrogen and oxygen atoms in total. The maximum atomic E-state index is 12.6. The van der Waals surface area contributed by atoms with E-state index in [4.69, 9.17) is 5.73 Å². The molecule has 112 valence electrons. The first-order valence-electron chi connectivity index (χ1n) is 7.07. The smallest absolute Gasteiger partial charge is 0.245 e. The summed E-state index contributed by atoms with van der Waals surface area (Å²) in [4.78, 5) is 0.231. The SMILES string of the molecule is CC(C)(C)C1CCN(S(=O)(=O)c2ccccc2N)CC1. The van der Waals surface area contributed by atoms with Crippen molar-refractivity contribution in [1.29, 1.82) is 0 Å². The van der Waals surface area contributed by atoms with E-state index in [1.165, 1.54) is 0 Å². The molecule has 0 radical (unpaired) electrons. The summed E-state index contributed by atoms with van der Waals surface area (Å²) < 4.78 is 26.8. The van der Waals surface area contributed by atoms with Gasteiger partial charge in [0, 0.05) is 13.1 Å². The van der Waals surface area contributed by atoms with E-state index < -0.39 is 10.0 Å². The average Bonchev–Trinajstić information content (AvgIpc) is 2.38. The molecular weight excluding hydrogens is 272 g/mol. The maximum Gasteiger partial charge on any atom is 0.245 e. The second-order valence-electron chi connectivity index (χ2n) is 6.58. The third-order valence-corrected chi connectivity index (χ3v) is 6.19. The van der Waals surface area contributed by atoms with Crippen molar-refractivity contribution in [2.24, 2.45) is 11.3 Å². The number of benzene rings is 1. The summed E-state index contributed by atoms with van der Waals surface area (Å²) in [6.45, 7) is 7.82. The highest BCUT2D eigenvalue weighted by atomic mass is 32.2. The van der Waals surface area contributed by atoms with Crippen molar-refractivity contribution in [3.63, 3.8) is 0 Å². The molecule has 0 atom stereocenters. The number of nitrogens with zero attached hydrogens (tertiary/aromatic N) is 1. The predicted molar refractivity (Wildman–Crippen MR) is 81.8 cm³/mol. The second kappa shape index (κ2) is 5.37. The second-order valence-corrected chi connectivity index (χ2v) is 8.49. The van der Waals surface area contributed by atoms with Gasteiger partial charge in [-0.15, -0.1) is 0 Å². The molecule has 0 unspecified atom stereocenters. The Kier molecular flexibility index (Phi) is 4.12. The monoisotopic (exact) mass is 296 g/mol. The van der Waals surface area contributed by atoms with E-state index in [1.54, 1.807) is 28.6 Å². The van der Waals surface area contributed by atoms with E-state index in [1.807, 2.05) is 0 Å². The van der Waals surface area contributed by atoms with Gasteiger partial charge in [-0.25, -0.2) is 8.42 Å². The molecule has 1 aliphatic heterocycles. The Morgan fingerprint density at radius 3 is 2.20 bits per heavy atom. The first-order valence-corrected chi connectivity index (χ1v) is 8.51. The molecule has 0 saturated carbocycles. The van der Waals surface area contributed by atoms with E-state index in [2.05, 4.69) is 20.8 Å². The number of anilines is 1. The predicted octanol–water partition coefficient (Wildman–Crippen LogP) is 2.72. The van der Waals surface area contributed by atoms with Crippen molar-refractivity contribution in [2.75, 3.05) is 18.8 Å². The zero-order valence-electron chi connectivity index (χ0n) is 12.5. The van der Waals surface area contributed by atoms with Crippen molar-refractivity contribution < 1.29 is 8.42 Å². The summed E-state index contributed by atoms with van der Waals surface area (Å²) in [7, 11) is -3.45. The van der Waals surface area contributed by atoms with Crippen LogP contribution in [0.2, 0.25) is 0 Å². The van der Waals surface area contributed by atoms with Crippen molar-refractivity contribution >= 4 is 15.7 Å². The number of para-hydroxylation sites is 1. The zero-order valence-corrected chi connectivity index (χ0v) is 13.3. The molecular formula is C15H24N2O2S. The van der Waals surface area contributed by atoms with Gasteiger partial charge in [0.15, 0.2) is 0 Å². The lowest BCUT2D eigenvalue weighted by Gasteiger charge is -2.38. The third-order valence-electron chi connectivity index (χ3n) is 4.22. The highest BCUT2D eigenvalue weighted by Crippen LogP contribution is 2.36. The Morgan fingerprint density at radius 1 is 1.15 bits per heavy atom. The van der Waals surface area contributed by atoms with E-state index in [0.29, 0.717) is 24.7 Å². The van der Waals surface area contributed by atoms with E-state index in [9.17, 15) is 8.42 Å². The molecule has 1 saturated heterocycles. The minimum absolute atomic E-state index is 0.231. The molecule has 2 rings (SSSR count). The molecule has 0 spiro atoms. The molecule has 1 fully saturated rings. The van der Waals surface area contributed by atoms with Crippen LogP contribution in [0.15, 0.2) is 29.2 Å². The molecule has 0 bridgehead atoms. The number of sulfonamides is 1. The van der Waals surface area contributed by atoms with Gasteiger partial charge in [0.1, 0.15) is 4.90 Å². The van der Waals surface area contributed by atoms with Gasteiger partial charge in [-0.05, 0) is 36.3 Å². The highest BCUT2D eigenvalue weighted by Gasteiger charge is 2.34. The number of piperidine rings is 1. The van der Waals surface area contributed by atoms with Gasteiger partial charge in [0.25, 0.3) is 0 Å². The number of rotatable bonds is 2. The van der Waals surface area contributed by atoms with Crippen molar-refractivity contribution in [3.05, 3.63) is 24.3 Å². The van der Waals surface area contributed by atoms with Crippen LogP contribution in [0.3, 0.4) is 0 Å². The lowest BCUT2D eigenvalue weighted by Crippen LogP contribution is -2.41. The normalized spacial score (nSPS) is 19.1. The van der Waals surface area contributed by atoms with Crippen LogP contribution in [-0.4, -0.2) is 25.8 Å². The summed E-state index contributed by atoms with van der Waals surface area (Å²) in [5.74, 6) is 0.571. The Bertz CT molecular complexity index is 568. The van der Waals surface area contributed by atoms with Crippen molar-refractivity contribution in [3.8, 4) is 0 Å². The van der Waals surface area contributed by atoms with E-state index in [0.717, 1.165) is 12.8 Å². The fourth-order valence-electron chi connectivity index (χ4n) is 2.82. The number of nitrogens with two attached hydrogens (primary N) is 1. The highest BCUT2D eigenvalue weighted by molar-refractivity contribution is 7.89. The summed E-state index contributed by atoms with van der Waals surface area (Å²) >= 11 is 0. The van der Waals surface area contributed by atoms with Gasteiger partial charge in [-0.2, -0.15) is 4.31 Å². The van der Waals surface area contributed by atoms with Gasteiger partial charge in [-0.3, -0.25) is 0 Å². The van der Waals surface area contributed by atoms with Crippen LogP contribution in [-0.2, 0) is 10.0 Å². The molecule has 1 aliphatic rings. The topological polar surface area (TPSA) is 63.4 Å². The summed E-state index contributed by atoms with van der Waals surface area (Å²) in [6, 6.07) is 6.68.